The van der Waals surface area contributed by atoms with Crippen LogP contribution in [-0.2, 0) is 0 Å². The summed E-state index contributed by atoms with van der Waals surface area (Å²) in [5, 5.41) is 8.63. The van der Waals surface area contributed by atoms with Crippen LogP contribution in [0.25, 0.3) is 0 Å². The maximum Gasteiger partial charge on any atom is 0.0535 e. The molecule has 1 atom stereocenters. The Morgan fingerprint density at radius 1 is 1.14 bits per heavy atom. The van der Waals surface area contributed by atoms with Crippen LogP contribution in [0.15, 0.2) is 0 Å². The second kappa shape index (κ2) is 4.13. The standard InChI is InChI=1S/C5H12O.CH4/c1-4(2)5(3)6;/h4-6H,1-3H3;1H4/t5-;/m0./s1. The van der Waals surface area contributed by atoms with Crippen molar-refractivity contribution in [1.29, 1.82) is 0 Å². The van der Waals surface area contributed by atoms with Gasteiger partial charge < -0.3 is 5.11 Å². The molecule has 0 aromatic rings. The molecule has 7 heavy (non-hydrogen) atoms. The Bertz CT molecular complexity index is 25.2. The van der Waals surface area contributed by atoms with Crippen LogP contribution in [0.2, 0.25) is 0 Å². The lowest BCUT2D eigenvalue weighted by Crippen LogP contribution is -2.07. The quantitative estimate of drug-likeness (QED) is 0.536. The van der Waals surface area contributed by atoms with E-state index in [4.69, 9.17) is 5.11 Å². The average molecular weight is 104 g/mol. The lowest BCUT2D eigenvalue weighted by Gasteiger charge is -2.04. The third-order valence-electron chi connectivity index (χ3n) is 0.965. The molecule has 0 fully saturated rings. The van der Waals surface area contributed by atoms with Gasteiger partial charge in [-0.2, -0.15) is 0 Å². The minimum Gasteiger partial charge on any atom is -0.393 e. The van der Waals surface area contributed by atoms with Crippen LogP contribution in [0.1, 0.15) is 28.2 Å². The van der Waals surface area contributed by atoms with E-state index in [1.807, 2.05) is 13.8 Å². The van der Waals surface area contributed by atoms with E-state index in [2.05, 4.69) is 0 Å². The Kier molecular flexibility index (Phi) is 5.93. The SMILES string of the molecule is C.CC(C)[C@H](C)O. The van der Waals surface area contributed by atoms with Crippen LogP contribution < -0.4 is 0 Å². The second-order valence-electron chi connectivity index (χ2n) is 1.98. The molecule has 0 aliphatic rings. The van der Waals surface area contributed by atoms with Crippen LogP contribution in [0, 0.1) is 5.92 Å². The summed E-state index contributed by atoms with van der Waals surface area (Å²) in [6.45, 7) is 5.78. The Balaban J connectivity index is 0. The fraction of sp³-hybridized carbons (Fsp3) is 1.00. The van der Waals surface area contributed by atoms with E-state index in [0.29, 0.717) is 5.92 Å². The predicted molar refractivity (Wildman–Crippen MR) is 33.2 cm³/mol. The van der Waals surface area contributed by atoms with Crippen LogP contribution in [0.3, 0.4) is 0 Å². The second-order valence-corrected chi connectivity index (χ2v) is 1.98. The molecule has 0 bridgehead atoms. The minimum absolute atomic E-state index is 0. The van der Waals surface area contributed by atoms with Crippen molar-refractivity contribution in [3.63, 3.8) is 0 Å². The minimum atomic E-state index is -0.148. The van der Waals surface area contributed by atoms with Crippen molar-refractivity contribution >= 4 is 0 Å². The van der Waals surface area contributed by atoms with E-state index >= 15 is 0 Å². The van der Waals surface area contributed by atoms with Crippen molar-refractivity contribution in [3.05, 3.63) is 0 Å². The normalized spacial score (nSPS) is 13.3. The first kappa shape index (κ1) is 10.0. The van der Waals surface area contributed by atoms with E-state index in [9.17, 15) is 0 Å². The molecule has 0 rings (SSSR count). The summed E-state index contributed by atoms with van der Waals surface area (Å²) >= 11 is 0. The molecule has 0 aliphatic heterocycles. The highest BCUT2D eigenvalue weighted by Gasteiger charge is 1.97. The maximum absolute atomic E-state index is 8.63. The molecular formula is C6H16O. The molecule has 1 nitrogen and oxygen atoms in total. The molecule has 0 saturated heterocycles. The lowest BCUT2D eigenvalue weighted by atomic mass is 10.1. The molecular weight excluding hydrogens is 88.1 g/mol. The fourth-order valence-corrected chi connectivity index (χ4v) is 0. The molecule has 0 heterocycles. The number of aliphatic hydroxyl groups excluding tert-OH is 1. The molecule has 0 unspecified atom stereocenters. The number of rotatable bonds is 1. The van der Waals surface area contributed by atoms with Crippen molar-refractivity contribution in [2.75, 3.05) is 0 Å². The summed E-state index contributed by atoms with van der Waals surface area (Å²) in [4.78, 5) is 0. The van der Waals surface area contributed by atoms with E-state index < -0.39 is 0 Å². The van der Waals surface area contributed by atoms with Gasteiger partial charge in [0.05, 0.1) is 6.10 Å². The van der Waals surface area contributed by atoms with Gasteiger partial charge in [0, 0.05) is 0 Å². The Morgan fingerprint density at radius 2 is 1.29 bits per heavy atom. The van der Waals surface area contributed by atoms with E-state index in [1.54, 1.807) is 6.92 Å². The van der Waals surface area contributed by atoms with Gasteiger partial charge in [-0.05, 0) is 12.8 Å². The van der Waals surface area contributed by atoms with E-state index in [0.717, 1.165) is 0 Å². The van der Waals surface area contributed by atoms with Gasteiger partial charge in [0.15, 0.2) is 0 Å². The number of hydrogen-bond acceptors (Lipinski definition) is 1. The van der Waals surface area contributed by atoms with Gasteiger partial charge >= 0.3 is 0 Å². The molecule has 0 spiro atoms. The lowest BCUT2D eigenvalue weighted by molar-refractivity contribution is 0.144. The molecule has 1 N–H and O–H groups in total. The Labute approximate surface area is 46.4 Å². The molecule has 0 aromatic carbocycles. The number of hydrogen-bond donors (Lipinski definition) is 1. The van der Waals surface area contributed by atoms with Crippen LogP contribution in [0.4, 0.5) is 0 Å². The summed E-state index contributed by atoms with van der Waals surface area (Å²) in [6.07, 6.45) is -0.148. The van der Waals surface area contributed by atoms with Crippen LogP contribution in [0.5, 0.6) is 0 Å². The van der Waals surface area contributed by atoms with Gasteiger partial charge in [0.1, 0.15) is 0 Å². The van der Waals surface area contributed by atoms with Gasteiger partial charge in [-0.1, -0.05) is 21.3 Å². The fourth-order valence-electron chi connectivity index (χ4n) is 0. The molecule has 0 saturated carbocycles. The third kappa shape index (κ3) is 5.96. The van der Waals surface area contributed by atoms with Gasteiger partial charge in [-0.25, -0.2) is 0 Å². The van der Waals surface area contributed by atoms with E-state index in [-0.39, 0.29) is 13.5 Å². The summed E-state index contributed by atoms with van der Waals surface area (Å²) in [5.41, 5.74) is 0. The maximum atomic E-state index is 8.63. The van der Waals surface area contributed by atoms with Crippen molar-refractivity contribution in [1.82, 2.24) is 0 Å². The monoisotopic (exact) mass is 104 g/mol. The molecule has 0 aromatic heterocycles. The number of aliphatic hydroxyl groups is 1. The predicted octanol–water partition coefficient (Wildman–Crippen LogP) is 1.66. The topological polar surface area (TPSA) is 20.2 Å². The first-order chi connectivity index (χ1) is 2.64. The zero-order chi connectivity index (χ0) is 5.15. The van der Waals surface area contributed by atoms with Crippen molar-refractivity contribution in [2.45, 2.75) is 34.3 Å². The van der Waals surface area contributed by atoms with Crippen LogP contribution in [-0.4, -0.2) is 11.2 Å². The molecule has 1 heteroatoms. The summed E-state index contributed by atoms with van der Waals surface area (Å²) < 4.78 is 0. The highest BCUT2D eigenvalue weighted by atomic mass is 16.3. The third-order valence-corrected chi connectivity index (χ3v) is 0.965. The van der Waals surface area contributed by atoms with Gasteiger partial charge in [0.25, 0.3) is 0 Å². The average Bonchev–Trinajstić information content (AvgIpc) is 1.36. The highest BCUT2D eigenvalue weighted by molar-refractivity contribution is 4.48. The van der Waals surface area contributed by atoms with Gasteiger partial charge in [-0.15, -0.1) is 0 Å². The summed E-state index contributed by atoms with van der Waals surface area (Å²) in [7, 11) is 0. The largest absolute Gasteiger partial charge is 0.393 e. The van der Waals surface area contributed by atoms with Gasteiger partial charge in [-0.3, -0.25) is 0 Å². The Morgan fingerprint density at radius 3 is 1.29 bits per heavy atom. The van der Waals surface area contributed by atoms with Gasteiger partial charge in [0.2, 0.25) is 0 Å². The molecule has 0 aliphatic carbocycles. The molecule has 0 radical (unpaired) electrons. The van der Waals surface area contributed by atoms with Crippen molar-refractivity contribution < 1.29 is 5.11 Å². The van der Waals surface area contributed by atoms with Crippen molar-refractivity contribution in [3.8, 4) is 0 Å². The zero-order valence-electron chi connectivity index (χ0n) is 4.60. The smallest absolute Gasteiger partial charge is 0.0535 e. The summed E-state index contributed by atoms with van der Waals surface area (Å²) in [5.74, 6) is 0.407. The summed E-state index contributed by atoms with van der Waals surface area (Å²) in [6, 6.07) is 0. The molecule has 0 amide bonds. The zero-order valence-corrected chi connectivity index (χ0v) is 4.60. The van der Waals surface area contributed by atoms with Crippen molar-refractivity contribution in [2.24, 2.45) is 5.92 Å². The first-order valence-electron chi connectivity index (χ1n) is 2.32. The van der Waals surface area contributed by atoms with Crippen LogP contribution >= 0.6 is 0 Å². The van der Waals surface area contributed by atoms with E-state index in [1.165, 1.54) is 0 Å². The Hall–Kier alpha value is -0.0400. The highest BCUT2D eigenvalue weighted by Crippen LogP contribution is 1.96. The first-order valence-corrected chi connectivity index (χ1v) is 2.32. The molecule has 46 valence electrons.